The van der Waals surface area contributed by atoms with E-state index >= 15 is 0 Å². The van der Waals surface area contributed by atoms with Crippen LogP contribution in [0.2, 0.25) is 10.0 Å². The molecule has 0 radical (unpaired) electrons. The summed E-state index contributed by atoms with van der Waals surface area (Å²) < 4.78 is 78.4. The van der Waals surface area contributed by atoms with E-state index in [1.807, 2.05) is 0 Å². The summed E-state index contributed by atoms with van der Waals surface area (Å²) in [6, 6.07) is 11.1. The summed E-state index contributed by atoms with van der Waals surface area (Å²) in [5, 5.41) is 10.8. The molecule has 296 valence electrons. The van der Waals surface area contributed by atoms with Crippen molar-refractivity contribution in [2.24, 2.45) is 5.14 Å². The maximum absolute atomic E-state index is 13.2. The minimum absolute atomic E-state index is 0.00940. The highest BCUT2D eigenvalue weighted by atomic mass is 35.5. The van der Waals surface area contributed by atoms with Crippen molar-refractivity contribution in [3.63, 3.8) is 0 Å². The molecule has 0 aliphatic rings. The summed E-state index contributed by atoms with van der Waals surface area (Å²) >= 11 is 9.79. The molecule has 0 amide bonds. The molecule has 6 N–H and O–H groups in total. The van der Waals surface area contributed by atoms with E-state index in [9.17, 15) is 36.4 Å². The van der Waals surface area contributed by atoms with E-state index in [1.165, 1.54) is 39.4 Å². The molecule has 0 aliphatic carbocycles. The number of esters is 4. The van der Waals surface area contributed by atoms with Crippen LogP contribution in [0.5, 0.6) is 0 Å². The van der Waals surface area contributed by atoms with Gasteiger partial charge in [0, 0.05) is 0 Å². The summed E-state index contributed by atoms with van der Waals surface area (Å²) in [4.78, 5) is 51.3. The topological polar surface area (TPSA) is 265 Å². The molecule has 22 heteroatoms. The van der Waals surface area contributed by atoms with Crippen molar-refractivity contribution in [1.29, 1.82) is 0 Å². The SMILES string of the molecule is CC(COC(=O)C(C)OC(=O)c1cc(S(N)(=O)=O)c(Cl)cc1NCc1ccco1)OC(=O)C(C)OC(=O)c1cc(NS(=O)O)c(Cl)cc1NCc1ccco1. The fourth-order valence-corrected chi connectivity index (χ4v) is 6.25. The second kappa shape index (κ2) is 19.0. The van der Waals surface area contributed by atoms with Gasteiger partial charge in [-0.05, 0) is 69.3 Å². The lowest BCUT2D eigenvalue weighted by molar-refractivity contribution is -0.167. The maximum atomic E-state index is 13.2. The monoisotopic (exact) mass is 844 g/mol. The molecule has 2 aromatic carbocycles. The van der Waals surface area contributed by atoms with Crippen LogP contribution < -0.4 is 20.5 Å². The summed E-state index contributed by atoms with van der Waals surface area (Å²) in [5.74, 6) is -3.24. The second-order valence-corrected chi connectivity index (χ2v) is 14.5. The highest BCUT2D eigenvalue weighted by molar-refractivity contribution is 7.89. The number of primary sulfonamides is 1. The third-order valence-corrected chi connectivity index (χ3v) is 9.28. The van der Waals surface area contributed by atoms with E-state index in [0.29, 0.717) is 11.5 Å². The normalized spacial score (nSPS) is 13.4. The van der Waals surface area contributed by atoms with Crippen LogP contribution in [0.15, 0.2) is 74.8 Å². The number of carbonyl (C=O) groups excluding carboxylic acids is 4. The standard InChI is InChI=1S/C33H34Cl2N4O14S2/c1-17(51-31(41)19(3)53-32(42)22-10-28(39-54(44)45)24(34)12-26(22)37-14-20-6-4-8-48-20)16-50-30(40)18(2)52-33(43)23-11-29(55(36,46)47)25(35)13-27(23)38-15-21-7-5-9-49-21/h4-13,17-19,37-39H,14-16H2,1-3H3,(H,44,45)(H2,36,46,47). The number of sulfonamides is 1. The average molecular weight is 846 g/mol. The molecule has 0 fully saturated rings. The summed E-state index contributed by atoms with van der Waals surface area (Å²) in [5.41, 5.74) is -0.356. The van der Waals surface area contributed by atoms with Crippen LogP contribution in [0, 0.1) is 0 Å². The number of hydrogen-bond donors (Lipinski definition) is 5. The zero-order valence-corrected chi connectivity index (χ0v) is 32.2. The molecule has 0 bridgehead atoms. The number of halogens is 2. The molecule has 0 aliphatic heterocycles. The summed E-state index contributed by atoms with van der Waals surface area (Å²) in [6.45, 7) is 3.48. The van der Waals surface area contributed by atoms with Crippen LogP contribution in [0.25, 0.3) is 0 Å². The first-order chi connectivity index (χ1) is 25.9. The molecule has 2 aromatic heterocycles. The Morgan fingerprint density at radius 1 is 0.800 bits per heavy atom. The summed E-state index contributed by atoms with van der Waals surface area (Å²) in [7, 11) is -4.36. The molecule has 4 unspecified atom stereocenters. The minimum Gasteiger partial charge on any atom is -0.467 e. The van der Waals surface area contributed by atoms with Gasteiger partial charge in [-0.3, -0.25) is 9.27 Å². The van der Waals surface area contributed by atoms with Gasteiger partial charge in [0.1, 0.15) is 29.1 Å². The van der Waals surface area contributed by atoms with Gasteiger partial charge < -0.3 is 38.4 Å². The van der Waals surface area contributed by atoms with Crippen molar-refractivity contribution >= 4 is 85.4 Å². The van der Waals surface area contributed by atoms with E-state index in [4.69, 9.17) is 56.1 Å². The van der Waals surface area contributed by atoms with E-state index in [2.05, 4.69) is 15.4 Å². The first kappa shape index (κ1) is 42.6. The number of anilines is 3. The molecule has 4 atom stereocenters. The van der Waals surface area contributed by atoms with E-state index < -0.39 is 75.0 Å². The molecule has 55 heavy (non-hydrogen) atoms. The van der Waals surface area contributed by atoms with Gasteiger partial charge in [-0.15, -0.1) is 0 Å². The number of benzene rings is 2. The first-order valence-electron chi connectivity index (χ1n) is 15.8. The molecule has 0 saturated carbocycles. The van der Waals surface area contributed by atoms with E-state index in [-0.39, 0.29) is 51.3 Å². The van der Waals surface area contributed by atoms with Crippen LogP contribution in [0.4, 0.5) is 17.1 Å². The van der Waals surface area contributed by atoms with Crippen LogP contribution in [-0.2, 0) is 62.9 Å². The van der Waals surface area contributed by atoms with Gasteiger partial charge >= 0.3 is 23.9 Å². The van der Waals surface area contributed by atoms with Crippen molar-refractivity contribution in [1.82, 2.24) is 0 Å². The first-order valence-corrected chi connectivity index (χ1v) is 19.2. The zero-order chi connectivity index (χ0) is 40.4. The van der Waals surface area contributed by atoms with Crippen LogP contribution >= 0.6 is 23.2 Å². The van der Waals surface area contributed by atoms with Gasteiger partial charge in [0.25, 0.3) is 11.3 Å². The third kappa shape index (κ3) is 12.2. The second-order valence-electron chi connectivity index (χ2n) is 11.4. The van der Waals surface area contributed by atoms with Gasteiger partial charge in [-0.2, -0.15) is 0 Å². The van der Waals surface area contributed by atoms with Gasteiger partial charge in [-0.25, -0.2) is 36.9 Å². The van der Waals surface area contributed by atoms with Gasteiger partial charge in [-0.1, -0.05) is 23.2 Å². The number of furan rings is 2. The molecule has 4 rings (SSSR count). The Hall–Kier alpha value is -5.12. The van der Waals surface area contributed by atoms with Crippen LogP contribution in [0.3, 0.4) is 0 Å². The van der Waals surface area contributed by atoms with Crippen molar-refractivity contribution in [2.45, 2.75) is 57.1 Å². The lowest BCUT2D eigenvalue weighted by atomic mass is 10.1. The van der Waals surface area contributed by atoms with Crippen LogP contribution in [-0.4, -0.2) is 66.0 Å². The lowest BCUT2D eigenvalue weighted by Crippen LogP contribution is -2.33. The lowest BCUT2D eigenvalue weighted by Gasteiger charge is -2.20. The molecule has 0 spiro atoms. The van der Waals surface area contributed by atoms with Gasteiger partial charge in [0.05, 0.1) is 63.9 Å². The fraction of sp³-hybridized carbons (Fsp3) is 0.273. The predicted octanol–water partition coefficient (Wildman–Crippen LogP) is 4.87. The number of rotatable bonds is 18. The largest absolute Gasteiger partial charge is 0.467 e. The molecule has 2 heterocycles. The van der Waals surface area contributed by atoms with E-state index in [0.717, 1.165) is 18.2 Å². The van der Waals surface area contributed by atoms with Gasteiger partial charge in [0.2, 0.25) is 10.0 Å². The molecule has 4 aromatic rings. The van der Waals surface area contributed by atoms with Crippen molar-refractivity contribution in [2.75, 3.05) is 22.0 Å². The van der Waals surface area contributed by atoms with E-state index in [1.54, 1.807) is 24.3 Å². The maximum Gasteiger partial charge on any atom is 0.347 e. The Bertz CT molecular complexity index is 2150. The Morgan fingerprint density at radius 2 is 1.31 bits per heavy atom. The van der Waals surface area contributed by atoms with Crippen molar-refractivity contribution < 1.29 is 64.1 Å². The predicted molar refractivity (Wildman–Crippen MR) is 197 cm³/mol. The smallest absolute Gasteiger partial charge is 0.347 e. The Labute approximate surface area is 326 Å². The highest BCUT2D eigenvalue weighted by Gasteiger charge is 2.28. The third-order valence-electron chi connectivity index (χ3n) is 7.20. The number of nitrogens with one attached hydrogen (secondary N) is 3. The summed E-state index contributed by atoms with van der Waals surface area (Å²) in [6.07, 6.45) is -1.22. The van der Waals surface area contributed by atoms with Crippen molar-refractivity contribution in [3.05, 3.63) is 93.7 Å². The fourth-order valence-electron chi connectivity index (χ4n) is 4.53. The average Bonchev–Trinajstić information content (AvgIpc) is 3.84. The number of nitrogens with two attached hydrogens (primary N) is 1. The van der Waals surface area contributed by atoms with Crippen molar-refractivity contribution in [3.8, 4) is 0 Å². The number of hydrogen-bond acceptors (Lipinski definition) is 15. The Morgan fingerprint density at radius 3 is 1.80 bits per heavy atom. The molecule has 18 nitrogen and oxygen atoms in total. The quantitative estimate of drug-likeness (QED) is 0.0508. The Kier molecular flexibility index (Phi) is 14.7. The molecule has 0 saturated heterocycles. The number of ether oxygens (including phenoxy) is 4. The number of carbonyl (C=O) groups is 4. The van der Waals surface area contributed by atoms with Crippen LogP contribution in [0.1, 0.15) is 53.0 Å². The Balaban J connectivity index is 1.34. The highest BCUT2D eigenvalue weighted by Crippen LogP contribution is 2.32. The van der Waals surface area contributed by atoms with Gasteiger partial charge in [0.15, 0.2) is 12.2 Å². The molecular formula is C33H34Cl2N4O14S2. The molecular weight excluding hydrogens is 811 g/mol. The zero-order valence-electron chi connectivity index (χ0n) is 29.0. The minimum atomic E-state index is -4.36.